The van der Waals surface area contributed by atoms with Crippen molar-refractivity contribution in [2.24, 2.45) is 17.6 Å². The molecule has 0 spiro atoms. The van der Waals surface area contributed by atoms with Crippen molar-refractivity contribution in [3.05, 3.63) is 18.1 Å². The molecule has 2 N–H and O–H groups in total. The van der Waals surface area contributed by atoms with Gasteiger partial charge in [-0.25, -0.2) is 9.97 Å². The lowest BCUT2D eigenvalue weighted by Crippen LogP contribution is -2.29. The monoisotopic (exact) mass is 278 g/mol. The lowest BCUT2D eigenvalue weighted by atomic mass is 9.89. The number of nitrogens with two attached hydrogens (primary N) is 1. The maximum atomic E-state index is 5.74. The average molecular weight is 278 g/mol. The van der Waals surface area contributed by atoms with Crippen LogP contribution >= 0.6 is 12.2 Å². The Balaban J connectivity index is 2.16. The Morgan fingerprint density at radius 2 is 2.05 bits per heavy atom. The molecule has 5 heteroatoms. The molecule has 1 saturated heterocycles. The van der Waals surface area contributed by atoms with E-state index in [2.05, 4.69) is 28.7 Å². The van der Waals surface area contributed by atoms with Crippen molar-refractivity contribution < 1.29 is 0 Å². The summed E-state index contributed by atoms with van der Waals surface area (Å²) >= 11 is 5.07. The van der Waals surface area contributed by atoms with Gasteiger partial charge in [-0.05, 0) is 31.1 Å². The van der Waals surface area contributed by atoms with Gasteiger partial charge in [0.2, 0.25) is 0 Å². The molecule has 2 rings (SSSR count). The van der Waals surface area contributed by atoms with Crippen molar-refractivity contribution >= 4 is 23.0 Å². The Kier molecular flexibility index (Phi) is 4.69. The molecule has 1 aromatic rings. The fourth-order valence-corrected chi connectivity index (χ4v) is 2.88. The van der Waals surface area contributed by atoms with Crippen LogP contribution in [-0.4, -0.2) is 28.0 Å². The van der Waals surface area contributed by atoms with Gasteiger partial charge in [-0.2, -0.15) is 0 Å². The molecule has 0 bridgehead atoms. The zero-order valence-electron chi connectivity index (χ0n) is 11.7. The van der Waals surface area contributed by atoms with Gasteiger partial charge in [0, 0.05) is 25.5 Å². The maximum Gasteiger partial charge on any atom is 0.157 e. The van der Waals surface area contributed by atoms with Crippen LogP contribution in [0.4, 0.5) is 5.82 Å². The van der Waals surface area contributed by atoms with E-state index in [1.165, 1.54) is 19.3 Å². The molecule has 1 fully saturated rings. The molecule has 0 amide bonds. The van der Waals surface area contributed by atoms with Crippen LogP contribution in [0, 0.1) is 11.8 Å². The molecule has 104 valence electrons. The first-order chi connectivity index (χ1) is 9.09. The lowest BCUT2D eigenvalue weighted by molar-refractivity contribution is 0.351. The van der Waals surface area contributed by atoms with Crippen LogP contribution in [0.2, 0.25) is 0 Å². The third-order valence-electron chi connectivity index (χ3n) is 3.93. The number of nitrogens with zero attached hydrogens (tertiary/aromatic N) is 3. The molecular weight excluding hydrogens is 256 g/mol. The number of aromatic nitrogens is 2. The van der Waals surface area contributed by atoms with Gasteiger partial charge in [0.05, 0.1) is 0 Å². The lowest BCUT2D eigenvalue weighted by Gasteiger charge is -2.23. The summed E-state index contributed by atoms with van der Waals surface area (Å²) in [6.45, 7) is 6.64. The first-order valence-electron chi connectivity index (χ1n) is 6.95. The molecule has 0 aromatic carbocycles. The fourth-order valence-electron chi connectivity index (χ4n) is 2.74. The average Bonchev–Trinajstić information content (AvgIpc) is 2.64. The van der Waals surface area contributed by atoms with Crippen LogP contribution in [0.5, 0.6) is 0 Å². The van der Waals surface area contributed by atoms with E-state index in [9.17, 15) is 0 Å². The van der Waals surface area contributed by atoms with E-state index in [1.807, 2.05) is 0 Å². The molecule has 2 heterocycles. The van der Waals surface area contributed by atoms with Gasteiger partial charge in [0.25, 0.3) is 0 Å². The van der Waals surface area contributed by atoms with Gasteiger partial charge in [-0.3, -0.25) is 0 Å². The van der Waals surface area contributed by atoms with Crippen LogP contribution in [-0.2, 0) is 0 Å². The highest BCUT2D eigenvalue weighted by molar-refractivity contribution is 7.80. The van der Waals surface area contributed by atoms with Crippen LogP contribution in [0.25, 0.3) is 0 Å². The predicted octanol–water partition coefficient (Wildman–Crippen LogP) is 2.37. The summed E-state index contributed by atoms with van der Waals surface area (Å²) in [4.78, 5) is 11.3. The van der Waals surface area contributed by atoms with Crippen LogP contribution in [0.15, 0.2) is 12.4 Å². The van der Waals surface area contributed by atoms with E-state index in [0.29, 0.717) is 10.7 Å². The second-order valence-corrected chi connectivity index (χ2v) is 5.95. The smallest absolute Gasteiger partial charge is 0.157 e. The quantitative estimate of drug-likeness (QED) is 0.860. The summed E-state index contributed by atoms with van der Waals surface area (Å²) < 4.78 is 0. The molecule has 1 aromatic heterocycles. The van der Waals surface area contributed by atoms with Crippen molar-refractivity contribution in [2.45, 2.75) is 33.1 Å². The van der Waals surface area contributed by atoms with Gasteiger partial charge in [-0.1, -0.05) is 26.1 Å². The number of thiocarbonyl (C=S) groups is 1. The summed E-state index contributed by atoms with van der Waals surface area (Å²) in [5.41, 5.74) is 6.39. The first-order valence-corrected chi connectivity index (χ1v) is 7.36. The molecule has 1 aliphatic heterocycles. The second-order valence-electron chi connectivity index (χ2n) is 5.51. The predicted molar refractivity (Wildman–Crippen MR) is 82.3 cm³/mol. The highest BCUT2D eigenvalue weighted by atomic mass is 32.1. The van der Waals surface area contributed by atoms with E-state index in [4.69, 9.17) is 18.0 Å². The Bertz CT molecular complexity index is 447. The summed E-state index contributed by atoms with van der Waals surface area (Å²) in [6, 6.07) is 0. The van der Waals surface area contributed by atoms with Crippen LogP contribution in [0.3, 0.4) is 0 Å². The van der Waals surface area contributed by atoms with Crippen molar-refractivity contribution in [3.63, 3.8) is 0 Å². The number of hydrogen-bond acceptors (Lipinski definition) is 4. The molecule has 19 heavy (non-hydrogen) atoms. The minimum absolute atomic E-state index is 0.327. The van der Waals surface area contributed by atoms with E-state index in [1.54, 1.807) is 12.4 Å². The molecule has 1 aliphatic rings. The van der Waals surface area contributed by atoms with E-state index in [0.717, 1.165) is 30.7 Å². The van der Waals surface area contributed by atoms with Gasteiger partial charge >= 0.3 is 0 Å². The normalized spacial score (nSPS) is 20.4. The molecule has 1 atom stereocenters. The minimum atomic E-state index is 0.327. The van der Waals surface area contributed by atoms with Gasteiger partial charge in [0.1, 0.15) is 10.7 Å². The largest absolute Gasteiger partial charge is 0.388 e. The highest BCUT2D eigenvalue weighted by Crippen LogP contribution is 2.27. The standard InChI is InChI=1S/C14H22N4S/c1-10(2)11-4-3-8-18(9-5-11)14-12(13(15)19)16-6-7-17-14/h6-7,10-11H,3-5,8-9H2,1-2H3,(H2,15,19). The second kappa shape index (κ2) is 6.28. The minimum Gasteiger partial charge on any atom is -0.388 e. The zero-order chi connectivity index (χ0) is 13.8. The van der Waals surface area contributed by atoms with Crippen LogP contribution < -0.4 is 10.6 Å². The van der Waals surface area contributed by atoms with Crippen molar-refractivity contribution in [1.29, 1.82) is 0 Å². The van der Waals surface area contributed by atoms with E-state index in [-0.39, 0.29) is 0 Å². The zero-order valence-corrected chi connectivity index (χ0v) is 12.5. The summed E-state index contributed by atoms with van der Waals surface area (Å²) in [5, 5.41) is 0. The third-order valence-corrected chi connectivity index (χ3v) is 4.12. The number of anilines is 1. The van der Waals surface area contributed by atoms with Crippen molar-refractivity contribution in [2.75, 3.05) is 18.0 Å². The molecular formula is C14H22N4S. The Morgan fingerprint density at radius 3 is 2.74 bits per heavy atom. The van der Waals surface area contributed by atoms with Gasteiger partial charge in [-0.15, -0.1) is 0 Å². The maximum absolute atomic E-state index is 5.74. The Hall–Kier alpha value is -1.23. The van der Waals surface area contributed by atoms with E-state index >= 15 is 0 Å². The number of hydrogen-bond donors (Lipinski definition) is 1. The van der Waals surface area contributed by atoms with Gasteiger partial charge in [0.15, 0.2) is 5.82 Å². The molecule has 1 unspecified atom stereocenters. The summed E-state index contributed by atoms with van der Waals surface area (Å²) in [5.74, 6) is 2.39. The van der Waals surface area contributed by atoms with Crippen molar-refractivity contribution in [3.8, 4) is 0 Å². The van der Waals surface area contributed by atoms with Crippen LogP contribution in [0.1, 0.15) is 38.8 Å². The summed E-state index contributed by atoms with van der Waals surface area (Å²) in [6.07, 6.45) is 7.03. The molecule has 4 nitrogen and oxygen atoms in total. The van der Waals surface area contributed by atoms with E-state index < -0.39 is 0 Å². The number of rotatable bonds is 3. The molecule has 0 radical (unpaired) electrons. The summed E-state index contributed by atoms with van der Waals surface area (Å²) in [7, 11) is 0. The fraction of sp³-hybridized carbons (Fsp3) is 0.643. The Morgan fingerprint density at radius 1 is 1.32 bits per heavy atom. The van der Waals surface area contributed by atoms with Crippen molar-refractivity contribution in [1.82, 2.24) is 9.97 Å². The highest BCUT2D eigenvalue weighted by Gasteiger charge is 2.22. The van der Waals surface area contributed by atoms with Gasteiger partial charge < -0.3 is 10.6 Å². The first kappa shape index (κ1) is 14.2. The molecule has 0 saturated carbocycles. The SMILES string of the molecule is CC(C)C1CCCN(c2nccnc2C(N)=S)CC1. The molecule has 0 aliphatic carbocycles. The topological polar surface area (TPSA) is 55.0 Å². The third kappa shape index (κ3) is 3.41. The Labute approximate surface area is 120 Å².